The van der Waals surface area contributed by atoms with Crippen molar-refractivity contribution in [2.75, 3.05) is 40.4 Å². The van der Waals surface area contributed by atoms with Crippen LogP contribution in [0.4, 0.5) is 26.1 Å². The molecule has 2 aromatic rings. The van der Waals surface area contributed by atoms with Crippen molar-refractivity contribution in [3.05, 3.63) is 47.8 Å². The molecule has 0 atom stereocenters. The van der Waals surface area contributed by atoms with Gasteiger partial charge in [0.25, 0.3) is 11.8 Å². The maximum Gasteiger partial charge on any atom is 0.323 e. The number of carbonyl (C=O) groups excluding carboxylic acids is 2. The molecule has 13 heteroatoms. The van der Waals surface area contributed by atoms with Crippen LogP contribution in [0.5, 0.6) is 0 Å². The summed E-state index contributed by atoms with van der Waals surface area (Å²) < 4.78 is 59.4. The van der Waals surface area contributed by atoms with Crippen molar-refractivity contribution in [3.63, 3.8) is 0 Å². The highest BCUT2D eigenvalue weighted by atomic mass is 32.2. The fraction of sp³-hybridized carbons (Fsp3) is 0.500. The topological polar surface area (TPSA) is 131 Å². The van der Waals surface area contributed by atoms with Crippen LogP contribution < -0.4 is 14.9 Å². The molecule has 1 aliphatic heterocycles. The summed E-state index contributed by atoms with van der Waals surface area (Å²) in [7, 11) is -4.06. The van der Waals surface area contributed by atoms with E-state index in [-0.39, 0.29) is 49.7 Å². The second kappa shape index (κ2) is 11.3. The van der Waals surface area contributed by atoms with E-state index in [0.29, 0.717) is 23.2 Å². The van der Waals surface area contributed by atoms with Crippen LogP contribution >= 0.6 is 0 Å². The molecule has 3 heterocycles. The van der Waals surface area contributed by atoms with Crippen molar-refractivity contribution in [2.45, 2.75) is 57.8 Å². The van der Waals surface area contributed by atoms with Crippen molar-refractivity contribution in [1.82, 2.24) is 9.97 Å². The van der Waals surface area contributed by atoms with Gasteiger partial charge >= 0.3 is 5.97 Å². The third kappa shape index (κ3) is 7.19. The number of nitrogens with one attached hydrogen (secondary N) is 2. The molecule has 1 saturated carbocycles. The van der Waals surface area contributed by atoms with Crippen LogP contribution in [0.1, 0.15) is 67.9 Å². The van der Waals surface area contributed by atoms with Gasteiger partial charge in [0.2, 0.25) is 10.0 Å². The maximum absolute atomic E-state index is 13.6. The van der Waals surface area contributed by atoms with E-state index in [0.717, 1.165) is 18.4 Å². The molecule has 5 rings (SSSR count). The van der Waals surface area contributed by atoms with E-state index in [9.17, 15) is 26.8 Å². The Kier molecular flexibility index (Phi) is 8.00. The van der Waals surface area contributed by atoms with Gasteiger partial charge in [-0.15, -0.1) is 0 Å². The third-order valence-electron chi connectivity index (χ3n) is 7.79. The standard InChI is InChI=1S/C28H33F2N5O5S/c1-2-40-24(36)18-41(38,39)34-20-16-21(19-6-8-27(9-7-19)10-11-27)25(31-17-20)26(37)33-22-4-3-5-23(32-22)35-14-12-28(29,30)13-15-35/h3-6,16-17,34H,2,7-15,18H2,1H3,(H,32,33,37). The lowest BCUT2D eigenvalue weighted by molar-refractivity contribution is -0.139. The van der Waals surface area contributed by atoms with Crippen molar-refractivity contribution in [2.24, 2.45) is 5.41 Å². The van der Waals surface area contributed by atoms with Gasteiger partial charge in [0.15, 0.2) is 5.75 Å². The van der Waals surface area contributed by atoms with Gasteiger partial charge < -0.3 is 15.0 Å². The molecule has 1 amide bonds. The van der Waals surface area contributed by atoms with Crippen molar-refractivity contribution >= 4 is 44.8 Å². The van der Waals surface area contributed by atoms with E-state index >= 15 is 0 Å². The number of esters is 1. The van der Waals surface area contributed by atoms with Crippen LogP contribution in [0.3, 0.4) is 0 Å². The second-order valence-corrected chi connectivity index (χ2v) is 12.6. The molecule has 2 aromatic heterocycles. The number of sulfonamides is 1. The molecule has 0 radical (unpaired) electrons. The van der Waals surface area contributed by atoms with Crippen LogP contribution in [-0.4, -0.2) is 61.6 Å². The zero-order chi connectivity index (χ0) is 29.3. The van der Waals surface area contributed by atoms with Gasteiger partial charge in [0.05, 0.1) is 18.5 Å². The number of allylic oxidation sites excluding steroid dienone is 2. The largest absolute Gasteiger partial charge is 0.465 e. The molecular formula is C28H33F2N5O5S. The first kappa shape index (κ1) is 28.9. The molecule has 3 aliphatic rings. The first-order valence-electron chi connectivity index (χ1n) is 13.7. The van der Waals surface area contributed by atoms with Crippen LogP contribution in [-0.2, 0) is 19.6 Å². The number of pyridine rings is 2. The van der Waals surface area contributed by atoms with E-state index in [1.165, 1.54) is 19.0 Å². The summed E-state index contributed by atoms with van der Waals surface area (Å²) in [4.78, 5) is 35.7. The van der Waals surface area contributed by atoms with Crippen molar-refractivity contribution < 1.29 is 31.5 Å². The fourth-order valence-corrected chi connectivity index (χ4v) is 6.18. The first-order chi connectivity index (χ1) is 19.5. The number of carbonyl (C=O) groups is 2. The Hall–Kier alpha value is -3.61. The molecule has 0 unspecified atom stereocenters. The maximum atomic E-state index is 13.6. The SMILES string of the molecule is CCOC(=O)CS(=O)(=O)Nc1cnc(C(=O)Nc2cccc(N3CCC(F)(F)CC3)n2)c(C2=CCC3(CC2)CC3)c1. The lowest BCUT2D eigenvalue weighted by Crippen LogP contribution is -2.39. The highest BCUT2D eigenvalue weighted by molar-refractivity contribution is 7.93. The van der Waals surface area contributed by atoms with Crippen molar-refractivity contribution in [3.8, 4) is 0 Å². The number of aromatic nitrogens is 2. The molecule has 2 fully saturated rings. The van der Waals surface area contributed by atoms with Gasteiger partial charge in [0.1, 0.15) is 17.3 Å². The molecule has 10 nitrogen and oxygen atoms in total. The number of hydrogen-bond donors (Lipinski definition) is 2. The Labute approximate surface area is 237 Å². The Morgan fingerprint density at radius 2 is 1.88 bits per heavy atom. The number of rotatable bonds is 9. The Bertz CT molecular complexity index is 1470. The third-order valence-corrected chi connectivity index (χ3v) is 8.96. The van der Waals surface area contributed by atoms with Crippen LogP contribution in [0, 0.1) is 5.41 Å². The summed E-state index contributed by atoms with van der Waals surface area (Å²) in [5.74, 6) is -4.21. The summed E-state index contributed by atoms with van der Waals surface area (Å²) in [6.45, 7) is 1.96. The van der Waals surface area contributed by atoms with Crippen LogP contribution in [0.15, 0.2) is 36.5 Å². The normalized spacial score (nSPS) is 19.3. The minimum atomic E-state index is -4.06. The Morgan fingerprint density at radius 3 is 2.54 bits per heavy atom. The van der Waals surface area contributed by atoms with E-state index < -0.39 is 33.6 Å². The summed E-state index contributed by atoms with van der Waals surface area (Å²) in [6.07, 6.45) is 7.71. The number of piperidine rings is 1. The smallest absolute Gasteiger partial charge is 0.323 e. The predicted molar refractivity (Wildman–Crippen MR) is 150 cm³/mol. The molecule has 1 saturated heterocycles. The van der Waals surface area contributed by atoms with E-state index in [1.807, 2.05) is 0 Å². The predicted octanol–water partition coefficient (Wildman–Crippen LogP) is 4.62. The van der Waals surface area contributed by atoms with Gasteiger partial charge in [-0.25, -0.2) is 27.2 Å². The molecule has 2 aliphatic carbocycles. The van der Waals surface area contributed by atoms with Gasteiger partial charge in [-0.05, 0) is 68.2 Å². The number of amides is 1. The van der Waals surface area contributed by atoms with E-state index in [4.69, 9.17) is 4.74 Å². The van der Waals surface area contributed by atoms with Crippen LogP contribution in [0.2, 0.25) is 0 Å². The minimum absolute atomic E-state index is 0.0608. The summed E-state index contributed by atoms with van der Waals surface area (Å²) in [5, 5.41) is 2.76. The van der Waals surface area contributed by atoms with E-state index in [2.05, 4.69) is 26.1 Å². The van der Waals surface area contributed by atoms with Gasteiger partial charge in [-0.2, -0.15) is 0 Å². The number of hydrogen-bond acceptors (Lipinski definition) is 8. The van der Waals surface area contributed by atoms with Gasteiger partial charge in [-0.3, -0.25) is 14.3 Å². The molecule has 0 aromatic carbocycles. The first-order valence-corrected chi connectivity index (χ1v) is 15.4. The molecule has 220 valence electrons. The number of anilines is 3. The Morgan fingerprint density at radius 1 is 1.12 bits per heavy atom. The zero-order valence-corrected chi connectivity index (χ0v) is 23.6. The number of nitrogens with zero attached hydrogens (tertiary/aromatic N) is 3. The second-order valence-electron chi connectivity index (χ2n) is 10.9. The van der Waals surface area contributed by atoms with Gasteiger partial charge in [-0.1, -0.05) is 12.1 Å². The average Bonchev–Trinajstić information content (AvgIpc) is 3.67. The summed E-state index contributed by atoms with van der Waals surface area (Å²) in [6, 6.07) is 6.56. The summed E-state index contributed by atoms with van der Waals surface area (Å²) >= 11 is 0. The average molecular weight is 590 g/mol. The Balaban J connectivity index is 1.37. The molecule has 0 bridgehead atoms. The van der Waals surface area contributed by atoms with Crippen LogP contribution in [0.25, 0.3) is 5.57 Å². The fourth-order valence-electron chi connectivity index (χ4n) is 5.25. The number of ether oxygens (including phenoxy) is 1. The number of alkyl halides is 2. The monoisotopic (exact) mass is 589 g/mol. The molecule has 2 N–H and O–H groups in total. The van der Waals surface area contributed by atoms with Crippen molar-refractivity contribution in [1.29, 1.82) is 0 Å². The highest BCUT2D eigenvalue weighted by Crippen LogP contribution is 2.56. The quantitative estimate of drug-likeness (QED) is 0.406. The minimum Gasteiger partial charge on any atom is -0.465 e. The van der Waals surface area contributed by atoms with Gasteiger partial charge in [0, 0.05) is 31.5 Å². The lowest BCUT2D eigenvalue weighted by atomic mass is 9.84. The highest BCUT2D eigenvalue weighted by Gasteiger charge is 2.43. The lowest BCUT2D eigenvalue weighted by Gasteiger charge is -2.32. The summed E-state index contributed by atoms with van der Waals surface area (Å²) in [5.41, 5.74) is 1.93. The zero-order valence-electron chi connectivity index (χ0n) is 22.8. The molecule has 1 spiro atoms. The molecular weight excluding hydrogens is 556 g/mol. The van der Waals surface area contributed by atoms with E-state index in [1.54, 1.807) is 36.1 Å². The molecule has 41 heavy (non-hydrogen) atoms. The number of halogens is 2.